The summed E-state index contributed by atoms with van der Waals surface area (Å²) in [4.78, 5) is 20.7. The minimum atomic E-state index is -1.44. The number of aliphatic carboxylic acids is 2. The third-order valence-electron chi connectivity index (χ3n) is 2.03. The number of hydrogen-bond donors (Lipinski definition) is 2. The van der Waals surface area contributed by atoms with E-state index in [4.69, 9.17) is 10.2 Å². The molecule has 0 heterocycles. The third kappa shape index (κ3) is 5.50. The van der Waals surface area contributed by atoms with Crippen molar-refractivity contribution in [1.29, 1.82) is 0 Å². The SMILES string of the molecule is O.O.O.O=C(O)C1(C(=O)O)CCC1.[NH2-].[NH2-].[Pt+2]. The number of rotatable bonds is 2. The van der Waals surface area contributed by atoms with Gasteiger partial charge in [-0.1, -0.05) is 0 Å². The molecule has 1 fully saturated rings. The first-order valence-corrected chi connectivity index (χ1v) is 3.06. The summed E-state index contributed by atoms with van der Waals surface area (Å²) in [6.07, 6.45) is 1.26. The average molecular weight is 425 g/mol. The van der Waals surface area contributed by atoms with E-state index < -0.39 is 17.4 Å². The van der Waals surface area contributed by atoms with Crippen molar-refractivity contribution in [2.45, 2.75) is 19.3 Å². The van der Waals surface area contributed by atoms with Gasteiger partial charge in [0.2, 0.25) is 0 Å². The van der Waals surface area contributed by atoms with Gasteiger partial charge in [-0.05, 0) is 19.3 Å². The van der Waals surface area contributed by atoms with Crippen molar-refractivity contribution in [2.24, 2.45) is 5.41 Å². The van der Waals surface area contributed by atoms with Gasteiger partial charge in [-0.25, -0.2) is 0 Å². The minimum Gasteiger partial charge on any atom is -0.693 e. The molecule has 10 heteroatoms. The molecule has 0 radical (unpaired) electrons. The smallest absolute Gasteiger partial charge is 0.693 e. The van der Waals surface area contributed by atoms with E-state index in [-0.39, 0.29) is 62.6 Å². The van der Waals surface area contributed by atoms with Crippen LogP contribution in [0.3, 0.4) is 0 Å². The molecule has 0 spiro atoms. The normalized spacial score (nSPS) is 13.2. The van der Waals surface area contributed by atoms with Crippen LogP contribution < -0.4 is 0 Å². The Labute approximate surface area is 107 Å². The number of carboxylic acids is 2. The van der Waals surface area contributed by atoms with E-state index in [1.54, 1.807) is 0 Å². The standard InChI is InChI=1S/C6H8O4.2H2N.3H2O.Pt/c7-4(8)6(5(9)10)2-1-3-6;;;;;;/h1-3H2,(H,7,8)(H,9,10);5*1H2;/q;2*-1;;;;+2. The Morgan fingerprint density at radius 3 is 1.12 bits per heavy atom. The van der Waals surface area contributed by atoms with Crippen molar-refractivity contribution in [1.82, 2.24) is 0 Å². The number of hydrogen-bond acceptors (Lipinski definition) is 2. The van der Waals surface area contributed by atoms with E-state index in [1.165, 1.54) is 0 Å². The second-order valence-corrected chi connectivity index (χ2v) is 2.55. The molecule has 0 bridgehead atoms. The average Bonchev–Trinajstić information content (AvgIpc) is 1.57. The monoisotopic (exact) mass is 425 g/mol. The molecule has 9 nitrogen and oxygen atoms in total. The molecule has 0 atom stereocenters. The minimum absolute atomic E-state index is 0. The van der Waals surface area contributed by atoms with Gasteiger partial charge in [-0.2, -0.15) is 0 Å². The quantitative estimate of drug-likeness (QED) is 0.544. The molecule has 104 valence electrons. The van der Waals surface area contributed by atoms with Gasteiger partial charge >= 0.3 is 33.0 Å². The molecule has 1 aliphatic rings. The molecule has 16 heavy (non-hydrogen) atoms. The molecule has 0 aromatic rings. The van der Waals surface area contributed by atoms with Crippen LogP contribution in [-0.2, 0) is 30.7 Å². The fourth-order valence-electron chi connectivity index (χ4n) is 1.05. The molecule has 12 N–H and O–H groups in total. The Bertz CT molecular complexity index is 181. The molecule has 1 saturated carbocycles. The summed E-state index contributed by atoms with van der Waals surface area (Å²) in [5.41, 5.74) is -1.44. The fourth-order valence-corrected chi connectivity index (χ4v) is 1.05. The molecule has 1 rings (SSSR count). The Kier molecular flexibility index (Phi) is 28.2. The Hall–Kier alpha value is -0.572. The molecule has 0 unspecified atom stereocenters. The topological polar surface area (TPSA) is 236 Å². The van der Waals surface area contributed by atoms with Crippen LogP contribution in [0.5, 0.6) is 0 Å². The summed E-state index contributed by atoms with van der Waals surface area (Å²) in [5.74, 6) is -2.41. The number of carboxylic acid groups (broad SMARTS) is 2. The second-order valence-electron chi connectivity index (χ2n) is 2.55. The summed E-state index contributed by atoms with van der Waals surface area (Å²) in [7, 11) is 0. The Morgan fingerprint density at radius 1 is 0.875 bits per heavy atom. The zero-order valence-corrected chi connectivity index (χ0v) is 10.6. The maximum Gasteiger partial charge on any atom is 2.00 e. The summed E-state index contributed by atoms with van der Waals surface area (Å²) in [5, 5.41) is 16.9. The van der Waals surface area contributed by atoms with Crippen molar-refractivity contribution >= 4 is 11.9 Å². The molecule has 0 amide bonds. The van der Waals surface area contributed by atoms with Gasteiger partial charge in [0.15, 0.2) is 5.41 Å². The molecule has 0 aliphatic heterocycles. The van der Waals surface area contributed by atoms with Crippen LogP contribution >= 0.6 is 0 Å². The van der Waals surface area contributed by atoms with Crippen LogP contribution in [0, 0.1) is 5.41 Å². The van der Waals surface area contributed by atoms with E-state index in [9.17, 15) is 9.59 Å². The molecular weight excluding hydrogens is 407 g/mol. The summed E-state index contributed by atoms with van der Waals surface area (Å²) < 4.78 is 0. The van der Waals surface area contributed by atoms with Gasteiger partial charge in [0, 0.05) is 0 Å². The largest absolute Gasteiger partial charge is 2.00 e. The van der Waals surface area contributed by atoms with Crippen LogP contribution in [0.1, 0.15) is 19.3 Å². The maximum absolute atomic E-state index is 10.4. The van der Waals surface area contributed by atoms with E-state index >= 15 is 0 Å². The van der Waals surface area contributed by atoms with Crippen molar-refractivity contribution in [3.05, 3.63) is 12.3 Å². The zero-order chi connectivity index (χ0) is 7.78. The first-order chi connectivity index (χ1) is 4.59. The van der Waals surface area contributed by atoms with Crippen molar-refractivity contribution in [3.8, 4) is 0 Å². The van der Waals surface area contributed by atoms with Gasteiger partial charge in [0.1, 0.15) is 0 Å². The molecule has 0 aromatic carbocycles. The number of carbonyl (C=O) groups is 2. The Balaban J connectivity index is -0.0000000417. The van der Waals surface area contributed by atoms with Crippen molar-refractivity contribution in [2.75, 3.05) is 0 Å². The van der Waals surface area contributed by atoms with Crippen LogP contribution in [0.15, 0.2) is 0 Å². The summed E-state index contributed by atoms with van der Waals surface area (Å²) in [6.45, 7) is 0. The first kappa shape index (κ1) is 36.1. The summed E-state index contributed by atoms with van der Waals surface area (Å²) in [6, 6.07) is 0. The van der Waals surface area contributed by atoms with Crippen LogP contribution in [0.25, 0.3) is 12.3 Å². The van der Waals surface area contributed by atoms with Gasteiger partial charge in [0.05, 0.1) is 0 Å². The van der Waals surface area contributed by atoms with E-state index in [2.05, 4.69) is 0 Å². The van der Waals surface area contributed by atoms with Crippen molar-refractivity contribution in [3.63, 3.8) is 0 Å². The predicted octanol–water partition coefficient (Wildman–Crippen LogP) is -0.716. The van der Waals surface area contributed by atoms with Crippen LogP contribution in [-0.4, -0.2) is 38.6 Å². The maximum atomic E-state index is 10.4. The van der Waals surface area contributed by atoms with Gasteiger partial charge in [-0.3, -0.25) is 9.59 Å². The van der Waals surface area contributed by atoms with Crippen molar-refractivity contribution < 1.29 is 57.3 Å². The first-order valence-electron chi connectivity index (χ1n) is 3.06. The molecular formula is C6H18N2O7Pt. The van der Waals surface area contributed by atoms with E-state index in [0.717, 1.165) is 0 Å². The van der Waals surface area contributed by atoms with Gasteiger partial charge in [0.25, 0.3) is 0 Å². The third-order valence-corrected chi connectivity index (χ3v) is 2.03. The predicted molar refractivity (Wildman–Crippen MR) is 53.0 cm³/mol. The molecule has 1 aliphatic carbocycles. The second kappa shape index (κ2) is 12.5. The molecule has 0 saturated heterocycles. The zero-order valence-electron chi connectivity index (χ0n) is 8.30. The Morgan fingerprint density at radius 2 is 1.12 bits per heavy atom. The summed E-state index contributed by atoms with van der Waals surface area (Å²) >= 11 is 0. The fraction of sp³-hybridized carbons (Fsp3) is 0.667. The molecule has 0 aromatic heterocycles. The van der Waals surface area contributed by atoms with Crippen LogP contribution in [0.4, 0.5) is 0 Å². The van der Waals surface area contributed by atoms with Gasteiger partial charge < -0.3 is 38.9 Å². The van der Waals surface area contributed by atoms with Crippen LogP contribution in [0.2, 0.25) is 0 Å². The van der Waals surface area contributed by atoms with E-state index in [0.29, 0.717) is 6.42 Å². The van der Waals surface area contributed by atoms with E-state index in [1.807, 2.05) is 0 Å². The van der Waals surface area contributed by atoms with Gasteiger partial charge in [-0.15, -0.1) is 0 Å². The number of nitrogens with two attached hydrogens (primary N) is 2.